The molecule has 0 saturated heterocycles. The van der Waals surface area contributed by atoms with E-state index in [4.69, 9.17) is 0 Å². The van der Waals surface area contributed by atoms with Gasteiger partial charge in [-0.2, -0.15) is 0 Å². The summed E-state index contributed by atoms with van der Waals surface area (Å²) in [4.78, 5) is 0. The van der Waals surface area contributed by atoms with Crippen molar-refractivity contribution in [2.24, 2.45) is 0 Å². The molecule has 0 aliphatic heterocycles. The van der Waals surface area contributed by atoms with Gasteiger partial charge in [0.15, 0.2) is 0 Å². The summed E-state index contributed by atoms with van der Waals surface area (Å²) < 4.78 is 31.2. The highest BCUT2D eigenvalue weighted by Crippen LogP contribution is 1.80. The van der Waals surface area contributed by atoms with Gasteiger partial charge in [0.2, 0.25) is 0 Å². The molecule has 0 rings (SSSR count). The number of halogens is 4. The number of nitrogens with zero attached hydrogens (tertiary/aromatic N) is 1. The van der Waals surface area contributed by atoms with Crippen LogP contribution in [0.3, 0.4) is 0 Å². The number of rotatable bonds is 2. The van der Waals surface area contributed by atoms with Gasteiger partial charge in [0.1, 0.15) is 19.3 Å². The van der Waals surface area contributed by atoms with Crippen molar-refractivity contribution in [2.75, 3.05) is 13.1 Å². The van der Waals surface area contributed by atoms with Crippen molar-refractivity contribution in [1.29, 1.82) is 0 Å². The first-order chi connectivity index (χ1) is 5.08. The van der Waals surface area contributed by atoms with Crippen molar-refractivity contribution in [1.82, 2.24) is 0 Å². The van der Waals surface area contributed by atoms with Crippen molar-refractivity contribution >= 4 is 13.8 Å². The second-order valence-electron chi connectivity index (χ2n) is 1.73. The number of hydrogen-bond donors (Lipinski definition) is 0. The Morgan fingerprint density at radius 3 is 1.42 bits per heavy atom. The maximum absolute atomic E-state index is 9.67. The molecule has 0 aliphatic rings. The molecule has 0 fully saturated rings. The fourth-order valence-corrected chi connectivity index (χ4v) is 0.589. The van der Waals surface area contributed by atoms with Gasteiger partial charge < -0.3 is 4.70 Å². The summed E-state index contributed by atoms with van der Waals surface area (Å²) in [6.07, 6.45) is 2.11. The van der Waals surface area contributed by atoms with Crippen LogP contribution < -0.4 is 4.70 Å². The Morgan fingerprint density at radius 2 is 1.42 bits per heavy atom. The molecule has 0 heterocycles. The largest absolute Gasteiger partial charge is 1.00 e. The van der Waals surface area contributed by atoms with Crippen LogP contribution in [0, 0.1) is 0 Å². The third kappa shape index (κ3) is 22.7. The van der Waals surface area contributed by atoms with E-state index in [1.807, 2.05) is 0 Å². The van der Waals surface area contributed by atoms with Crippen molar-refractivity contribution < 1.29 is 22.2 Å². The second kappa shape index (κ2) is 13.1. The van der Waals surface area contributed by atoms with Gasteiger partial charge in [-0.25, -0.2) is 4.58 Å². The summed E-state index contributed by atoms with van der Waals surface area (Å²) in [6.45, 7) is 8.64. The maximum atomic E-state index is 9.67. The Hall–Kier alpha value is -0.545. The van der Waals surface area contributed by atoms with Crippen LogP contribution in [-0.4, -0.2) is 31.4 Å². The van der Waals surface area contributed by atoms with E-state index in [0.717, 1.165) is 13.1 Å². The molecule has 0 aromatic heterocycles. The quantitative estimate of drug-likeness (QED) is 0.226. The summed E-state index contributed by atoms with van der Waals surface area (Å²) in [5, 5.41) is 0. The highest BCUT2D eigenvalue weighted by atomic mass is 19.4. The molecule has 0 spiro atoms. The van der Waals surface area contributed by atoms with Crippen LogP contribution in [0.4, 0.5) is 12.9 Å². The smallest absolute Gasteiger partial charge is 0.762 e. The topological polar surface area (TPSA) is 3.01 Å². The van der Waals surface area contributed by atoms with Crippen LogP contribution in [0.5, 0.6) is 0 Å². The van der Waals surface area contributed by atoms with Gasteiger partial charge in [0.05, 0.1) is 0 Å². The minimum absolute atomic E-state index is 0. The lowest BCUT2D eigenvalue weighted by Gasteiger charge is -1.90. The van der Waals surface area contributed by atoms with Crippen LogP contribution in [0.2, 0.25) is 0 Å². The Kier molecular flexibility index (Phi) is 19.1. The summed E-state index contributed by atoms with van der Waals surface area (Å²) in [5.41, 5.74) is 0. The van der Waals surface area contributed by atoms with E-state index in [2.05, 4.69) is 31.6 Å². The monoisotopic (exact) mass is 187 g/mol. The lowest BCUT2D eigenvalue weighted by molar-refractivity contribution is -0.516. The molecule has 0 aromatic carbocycles. The van der Waals surface area contributed by atoms with Gasteiger partial charge in [-0.15, -0.1) is 0 Å². The first kappa shape index (κ1) is 17.5. The van der Waals surface area contributed by atoms with Crippen LogP contribution in [0.25, 0.3) is 0 Å². The van der Waals surface area contributed by atoms with Gasteiger partial charge in [-0.1, -0.05) is 0 Å². The van der Waals surface area contributed by atoms with Crippen LogP contribution in [0.15, 0.2) is 0 Å². The third-order valence-electron chi connectivity index (χ3n) is 1.18. The van der Waals surface area contributed by atoms with Gasteiger partial charge in [0.25, 0.3) is 0 Å². The minimum atomic E-state index is -3.67. The standard InChI is InChI=1S/C6H14N.BF3.FH/c1-4-7(5-2)6-3;2-1(3)4;/h4H,5-6H2,1-3H3;;1H/q+1;;/p-1. The molecule has 0 radical (unpaired) electrons. The van der Waals surface area contributed by atoms with Gasteiger partial charge in [-0.3, -0.25) is 12.9 Å². The summed E-state index contributed by atoms with van der Waals surface area (Å²) in [6, 6.07) is 0. The highest BCUT2D eigenvalue weighted by molar-refractivity contribution is 6.33. The molecule has 12 heavy (non-hydrogen) atoms. The zero-order valence-corrected chi connectivity index (χ0v) is 7.53. The normalized spacial score (nSPS) is 7.17. The van der Waals surface area contributed by atoms with E-state index in [0.29, 0.717) is 0 Å². The lowest BCUT2D eigenvalue weighted by Crippen LogP contribution is -3.00. The number of hydrogen-bond acceptors (Lipinski definition) is 0. The van der Waals surface area contributed by atoms with E-state index in [1.165, 1.54) is 0 Å². The van der Waals surface area contributed by atoms with Gasteiger partial charge >= 0.3 is 7.54 Å². The van der Waals surface area contributed by atoms with Crippen LogP contribution in [0.1, 0.15) is 20.8 Å². The molecule has 0 N–H and O–H groups in total. The zero-order chi connectivity index (χ0) is 9.28. The van der Waals surface area contributed by atoms with E-state index >= 15 is 0 Å². The molecule has 1 nitrogen and oxygen atoms in total. The van der Waals surface area contributed by atoms with Crippen LogP contribution >= 0.6 is 0 Å². The van der Waals surface area contributed by atoms with E-state index in [9.17, 15) is 12.9 Å². The first-order valence-electron chi connectivity index (χ1n) is 3.54. The predicted molar refractivity (Wildman–Crippen MR) is 42.2 cm³/mol. The lowest BCUT2D eigenvalue weighted by atomic mass is 10.5. The molecule has 0 aromatic rings. The Bertz CT molecular complexity index is 99.0. The minimum Gasteiger partial charge on any atom is -1.00 e. The summed E-state index contributed by atoms with van der Waals surface area (Å²) in [5.74, 6) is 0. The van der Waals surface area contributed by atoms with Gasteiger partial charge in [-0.05, 0) is 13.8 Å². The molecular weight excluding hydrogens is 173 g/mol. The SMILES string of the molecule is CC=[N+](CC)CC.FB(F)F.[F-]. The van der Waals surface area contributed by atoms with Crippen LogP contribution in [-0.2, 0) is 0 Å². The fraction of sp³-hybridized carbons (Fsp3) is 0.833. The van der Waals surface area contributed by atoms with E-state index < -0.39 is 7.54 Å². The Morgan fingerprint density at radius 1 is 1.17 bits per heavy atom. The summed E-state index contributed by atoms with van der Waals surface area (Å²) in [7, 11) is -3.67. The fourth-order valence-electron chi connectivity index (χ4n) is 0.589. The van der Waals surface area contributed by atoms with Crippen molar-refractivity contribution in [3.05, 3.63) is 0 Å². The highest BCUT2D eigenvalue weighted by Gasteiger charge is 2.06. The predicted octanol–water partition coefficient (Wildman–Crippen LogP) is -0.987. The molecule has 74 valence electrons. The summed E-state index contributed by atoms with van der Waals surface area (Å²) >= 11 is 0. The zero-order valence-electron chi connectivity index (χ0n) is 7.53. The van der Waals surface area contributed by atoms with E-state index in [1.54, 1.807) is 0 Å². The molecule has 0 unspecified atom stereocenters. The van der Waals surface area contributed by atoms with Crippen molar-refractivity contribution in [3.8, 4) is 0 Å². The first-order valence-corrected chi connectivity index (χ1v) is 3.54. The van der Waals surface area contributed by atoms with Crippen molar-refractivity contribution in [3.63, 3.8) is 0 Å². The Labute approximate surface area is 70.9 Å². The molecule has 6 heteroatoms. The maximum Gasteiger partial charge on any atom is 0.762 e. The molecule has 0 bridgehead atoms. The van der Waals surface area contributed by atoms with Crippen molar-refractivity contribution in [2.45, 2.75) is 20.8 Å². The molecule has 0 aliphatic carbocycles. The van der Waals surface area contributed by atoms with E-state index in [-0.39, 0.29) is 4.70 Å². The average Bonchev–Trinajstić information content (AvgIpc) is 1.90. The molecule has 0 saturated carbocycles. The molecular formula is C6H14BF4N. The third-order valence-corrected chi connectivity index (χ3v) is 1.18. The van der Waals surface area contributed by atoms with Gasteiger partial charge in [0, 0.05) is 6.92 Å². The average molecular weight is 187 g/mol. The molecule has 0 amide bonds. The Balaban J connectivity index is -0.000000142. The second-order valence-corrected chi connectivity index (χ2v) is 1.73. The molecule has 0 atom stereocenters.